The molecule has 0 N–H and O–H groups in total. The lowest BCUT2D eigenvalue weighted by molar-refractivity contribution is 0.0645. The second-order valence-electron chi connectivity index (χ2n) is 6.03. The van der Waals surface area contributed by atoms with Gasteiger partial charge in [0.15, 0.2) is 0 Å². The molecule has 0 atom stereocenters. The summed E-state index contributed by atoms with van der Waals surface area (Å²) >= 11 is 5.74. The van der Waals surface area contributed by atoms with E-state index < -0.39 is 5.82 Å². The van der Waals surface area contributed by atoms with E-state index in [0.717, 1.165) is 19.6 Å². The van der Waals surface area contributed by atoms with Crippen LogP contribution in [0.5, 0.6) is 0 Å². The molecule has 1 heterocycles. The Morgan fingerprint density at radius 3 is 2.48 bits per heavy atom. The number of nitrogens with zero attached hydrogens (tertiary/aromatic N) is 2. The molecular formula is C20H20ClFN2O. The molecule has 5 heteroatoms. The fourth-order valence-electron chi connectivity index (χ4n) is 2.87. The number of halogens is 2. The fraction of sp³-hybridized carbons (Fsp3) is 0.250. The van der Waals surface area contributed by atoms with Crippen LogP contribution < -0.4 is 0 Å². The van der Waals surface area contributed by atoms with Gasteiger partial charge in [0.1, 0.15) is 5.82 Å². The van der Waals surface area contributed by atoms with Gasteiger partial charge in [-0.2, -0.15) is 0 Å². The third-order valence-corrected chi connectivity index (χ3v) is 4.53. The summed E-state index contributed by atoms with van der Waals surface area (Å²) in [6.07, 6.45) is 4.23. The van der Waals surface area contributed by atoms with E-state index in [1.807, 2.05) is 18.2 Å². The number of hydrogen-bond acceptors (Lipinski definition) is 2. The number of carbonyl (C=O) groups is 1. The number of piperazine rings is 1. The summed E-state index contributed by atoms with van der Waals surface area (Å²) in [5.41, 5.74) is 1.26. The number of carbonyl (C=O) groups excluding carboxylic acids is 1. The molecular weight excluding hydrogens is 339 g/mol. The molecule has 2 aromatic rings. The monoisotopic (exact) mass is 358 g/mol. The SMILES string of the molecule is O=C(c1ccc(Cl)cc1F)N1CCN(CC=Cc2ccccc2)CC1. The number of rotatable bonds is 4. The third-order valence-electron chi connectivity index (χ3n) is 4.29. The van der Waals surface area contributed by atoms with Crippen LogP contribution in [0, 0.1) is 5.82 Å². The van der Waals surface area contributed by atoms with Crippen molar-refractivity contribution in [2.24, 2.45) is 0 Å². The summed E-state index contributed by atoms with van der Waals surface area (Å²) < 4.78 is 13.9. The molecule has 0 aromatic heterocycles. The summed E-state index contributed by atoms with van der Waals surface area (Å²) in [5, 5.41) is 0.295. The van der Waals surface area contributed by atoms with Crippen LogP contribution in [0.2, 0.25) is 5.02 Å². The maximum Gasteiger partial charge on any atom is 0.256 e. The summed E-state index contributed by atoms with van der Waals surface area (Å²) in [4.78, 5) is 16.4. The molecule has 0 aliphatic carbocycles. The molecule has 0 spiro atoms. The van der Waals surface area contributed by atoms with E-state index in [1.54, 1.807) is 11.0 Å². The topological polar surface area (TPSA) is 23.6 Å². The molecule has 130 valence electrons. The Hall–Kier alpha value is -2.17. The fourth-order valence-corrected chi connectivity index (χ4v) is 3.03. The molecule has 0 radical (unpaired) electrons. The predicted molar refractivity (Wildman–Crippen MR) is 99.2 cm³/mol. The largest absolute Gasteiger partial charge is 0.336 e. The predicted octanol–water partition coefficient (Wildman–Crippen LogP) is 3.95. The van der Waals surface area contributed by atoms with E-state index in [1.165, 1.54) is 17.7 Å². The smallest absolute Gasteiger partial charge is 0.256 e. The van der Waals surface area contributed by atoms with Crippen molar-refractivity contribution in [2.75, 3.05) is 32.7 Å². The summed E-state index contributed by atoms with van der Waals surface area (Å²) in [7, 11) is 0. The molecule has 1 aliphatic heterocycles. The van der Waals surface area contributed by atoms with E-state index in [4.69, 9.17) is 11.6 Å². The average molecular weight is 359 g/mol. The van der Waals surface area contributed by atoms with E-state index in [9.17, 15) is 9.18 Å². The standard InChI is InChI=1S/C20H20ClFN2O/c21-17-8-9-18(19(22)15-17)20(25)24-13-11-23(12-14-24)10-4-7-16-5-2-1-3-6-16/h1-9,15H,10-14H2. The second kappa shape index (κ2) is 8.28. The first-order valence-electron chi connectivity index (χ1n) is 8.32. The molecule has 3 rings (SSSR count). The summed E-state index contributed by atoms with van der Waals surface area (Å²) in [6.45, 7) is 3.59. The first kappa shape index (κ1) is 17.6. The Morgan fingerprint density at radius 1 is 1.08 bits per heavy atom. The van der Waals surface area contributed by atoms with E-state index in [0.29, 0.717) is 18.1 Å². The Kier molecular flexibility index (Phi) is 5.84. The molecule has 0 saturated carbocycles. The normalized spacial score (nSPS) is 15.7. The van der Waals surface area contributed by atoms with Crippen molar-refractivity contribution in [1.82, 2.24) is 9.80 Å². The molecule has 25 heavy (non-hydrogen) atoms. The van der Waals surface area contributed by atoms with Gasteiger partial charge in [-0.05, 0) is 23.8 Å². The Morgan fingerprint density at radius 2 is 1.80 bits per heavy atom. The van der Waals surface area contributed by atoms with Crippen LogP contribution in [-0.2, 0) is 0 Å². The molecule has 0 unspecified atom stereocenters. The maximum absolute atomic E-state index is 13.9. The third kappa shape index (κ3) is 4.68. The van der Waals surface area contributed by atoms with E-state index >= 15 is 0 Å². The molecule has 1 saturated heterocycles. The van der Waals surface area contributed by atoms with Crippen LogP contribution in [-0.4, -0.2) is 48.4 Å². The first-order valence-corrected chi connectivity index (χ1v) is 8.69. The van der Waals surface area contributed by atoms with Crippen LogP contribution in [0.15, 0.2) is 54.6 Å². The van der Waals surface area contributed by atoms with Crippen molar-refractivity contribution >= 4 is 23.6 Å². The van der Waals surface area contributed by atoms with Crippen molar-refractivity contribution in [3.63, 3.8) is 0 Å². The highest BCUT2D eigenvalue weighted by Gasteiger charge is 2.23. The Labute approximate surface area is 152 Å². The van der Waals surface area contributed by atoms with Gasteiger partial charge in [-0.3, -0.25) is 9.69 Å². The number of hydrogen-bond donors (Lipinski definition) is 0. The van der Waals surface area contributed by atoms with Crippen molar-refractivity contribution in [2.45, 2.75) is 0 Å². The summed E-state index contributed by atoms with van der Waals surface area (Å²) in [6, 6.07) is 14.3. The number of amides is 1. The van der Waals surface area contributed by atoms with Gasteiger partial charge < -0.3 is 4.90 Å². The highest BCUT2D eigenvalue weighted by atomic mass is 35.5. The second-order valence-corrected chi connectivity index (χ2v) is 6.47. The minimum Gasteiger partial charge on any atom is -0.336 e. The van der Waals surface area contributed by atoms with Crippen LogP contribution in [0.4, 0.5) is 4.39 Å². The quantitative estimate of drug-likeness (QED) is 0.826. The lowest BCUT2D eigenvalue weighted by atomic mass is 10.1. The first-order chi connectivity index (χ1) is 12.1. The van der Waals surface area contributed by atoms with E-state index in [-0.39, 0.29) is 11.5 Å². The molecule has 0 bridgehead atoms. The van der Waals surface area contributed by atoms with Crippen molar-refractivity contribution in [3.8, 4) is 0 Å². The Bertz CT molecular complexity index is 756. The molecule has 1 fully saturated rings. The maximum atomic E-state index is 13.9. The van der Waals surface area contributed by atoms with Gasteiger partial charge in [-0.25, -0.2) is 4.39 Å². The van der Waals surface area contributed by atoms with Gasteiger partial charge in [0.05, 0.1) is 5.56 Å². The minimum atomic E-state index is -0.564. The zero-order valence-corrected chi connectivity index (χ0v) is 14.6. The average Bonchev–Trinajstić information content (AvgIpc) is 2.63. The lowest BCUT2D eigenvalue weighted by Gasteiger charge is -2.34. The van der Waals surface area contributed by atoms with Crippen molar-refractivity contribution in [1.29, 1.82) is 0 Å². The zero-order valence-electron chi connectivity index (χ0n) is 13.9. The Balaban J connectivity index is 1.51. The highest BCUT2D eigenvalue weighted by Crippen LogP contribution is 2.17. The van der Waals surface area contributed by atoms with Crippen LogP contribution in [0.3, 0.4) is 0 Å². The zero-order chi connectivity index (χ0) is 17.6. The van der Waals surface area contributed by atoms with Crippen molar-refractivity contribution < 1.29 is 9.18 Å². The van der Waals surface area contributed by atoms with Gasteiger partial charge in [0.2, 0.25) is 0 Å². The van der Waals surface area contributed by atoms with Gasteiger partial charge in [0, 0.05) is 37.7 Å². The molecule has 1 amide bonds. The lowest BCUT2D eigenvalue weighted by Crippen LogP contribution is -2.48. The van der Waals surface area contributed by atoms with Crippen LogP contribution >= 0.6 is 11.6 Å². The van der Waals surface area contributed by atoms with Gasteiger partial charge in [-0.1, -0.05) is 54.1 Å². The molecule has 2 aromatic carbocycles. The summed E-state index contributed by atoms with van der Waals surface area (Å²) in [5.74, 6) is -0.834. The van der Waals surface area contributed by atoms with Gasteiger partial charge in [0.25, 0.3) is 5.91 Å². The number of benzene rings is 2. The van der Waals surface area contributed by atoms with Crippen molar-refractivity contribution in [3.05, 3.63) is 76.6 Å². The molecule has 1 aliphatic rings. The van der Waals surface area contributed by atoms with Gasteiger partial charge >= 0.3 is 0 Å². The van der Waals surface area contributed by atoms with Crippen LogP contribution in [0.1, 0.15) is 15.9 Å². The highest BCUT2D eigenvalue weighted by molar-refractivity contribution is 6.30. The van der Waals surface area contributed by atoms with Crippen LogP contribution in [0.25, 0.3) is 6.08 Å². The van der Waals surface area contributed by atoms with E-state index in [2.05, 4.69) is 29.2 Å². The molecule has 3 nitrogen and oxygen atoms in total. The minimum absolute atomic E-state index is 0.0850. The van der Waals surface area contributed by atoms with Gasteiger partial charge in [-0.15, -0.1) is 0 Å².